The highest BCUT2D eigenvalue weighted by molar-refractivity contribution is 7.10. The number of hydrogen-bond acceptors (Lipinski definition) is 6. The molecule has 8 heteroatoms. The molecule has 0 aliphatic carbocycles. The summed E-state index contributed by atoms with van der Waals surface area (Å²) < 4.78 is 4.66. The fourth-order valence-electron chi connectivity index (χ4n) is 2.06. The molecular formula is C17H16N2O5S. The second-order valence-electron chi connectivity index (χ2n) is 5.04. The van der Waals surface area contributed by atoms with Gasteiger partial charge in [0.2, 0.25) is 5.91 Å². The van der Waals surface area contributed by atoms with Gasteiger partial charge in [-0.15, -0.1) is 11.3 Å². The first-order valence-electron chi connectivity index (χ1n) is 7.33. The van der Waals surface area contributed by atoms with E-state index in [9.17, 15) is 19.7 Å². The van der Waals surface area contributed by atoms with E-state index in [1.54, 1.807) is 18.2 Å². The van der Waals surface area contributed by atoms with E-state index in [1.807, 2.05) is 17.5 Å². The number of esters is 1. The van der Waals surface area contributed by atoms with Crippen molar-refractivity contribution in [1.82, 2.24) is 5.32 Å². The number of carbonyl (C=O) groups is 2. The van der Waals surface area contributed by atoms with E-state index in [2.05, 4.69) is 10.1 Å². The molecule has 1 unspecified atom stereocenters. The van der Waals surface area contributed by atoms with Gasteiger partial charge in [0.05, 0.1) is 24.5 Å². The molecule has 0 spiro atoms. The summed E-state index contributed by atoms with van der Waals surface area (Å²) >= 11 is 1.43. The number of benzene rings is 1. The van der Waals surface area contributed by atoms with Crippen LogP contribution in [-0.4, -0.2) is 23.9 Å². The Morgan fingerprint density at radius 1 is 1.32 bits per heavy atom. The van der Waals surface area contributed by atoms with Crippen molar-refractivity contribution in [2.75, 3.05) is 7.11 Å². The highest BCUT2D eigenvalue weighted by atomic mass is 32.1. The van der Waals surface area contributed by atoms with E-state index in [0.29, 0.717) is 5.56 Å². The molecule has 2 aromatic rings. The summed E-state index contributed by atoms with van der Waals surface area (Å²) in [4.78, 5) is 34.6. The smallest absolute Gasteiger partial charge is 0.307 e. The van der Waals surface area contributed by atoms with Crippen molar-refractivity contribution in [1.29, 1.82) is 0 Å². The number of nitrogens with one attached hydrogen (secondary N) is 1. The Labute approximate surface area is 148 Å². The average Bonchev–Trinajstić information content (AvgIpc) is 3.14. The second kappa shape index (κ2) is 8.74. The molecule has 0 saturated carbocycles. The number of ether oxygens (including phenoxy) is 1. The van der Waals surface area contributed by atoms with Gasteiger partial charge in [-0.2, -0.15) is 0 Å². The lowest BCUT2D eigenvalue weighted by Gasteiger charge is -2.15. The van der Waals surface area contributed by atoms with Gasteiger partial charge in [-0.1, -0.05) is 6.07 Å². The third kappa shape index (κ3) is 5.54. The summed E-state index contributed by atoms with van der Waals surface area (Å²) in [5.74, 6) is -0.793. The molecule has 1 heterocycles. The Morgan fingerprint density at radius 2 is 2.04 bits per heavy atom. The maximum absolute atomic E-state index is 12.1. The number of non-ortho nitro benzene ring substituents is 1. The molecule has 0 fully saturated rings. The van der Waals surface area contributed by atoms with Crippen molar-refractivity contribution in [3.05, 3.63) is 68.4 Å². The van der Waals surface area contributed by atoms with Crippen LogP contribution >= 0.6 is 11.3 Å². The number of nitrogens with zero attached hydrogens (tertiary/aromatic N) is 1. The number of hydrogen-bond donors (Lipinski definition) is 1. The molecule has 0 radical (unpaired) electrons. The molecule has 1 aromatic heterocycles. The Balaban J connectivity index is 2.02. The van der Waals surface area contributed by atoms with E-state index in [4.69, 9.17) is 0 Å². The van der Waals surface area contributed by atoms with Gasteiger partial charge in [-0.3, -0.25) is 19.7 Å². The Hall–Kier alpha value is -3.00. The Kier molecular flexibility index (Phi) is 6.41. The van der Waals surface area contributed by atoms with Gasteiger partial charge in [-0.05, 0) is 35.2 Å². The van der Waals surface area contributed by atoms with Crippen LogP contribution in [0.2, 0.25) is 0 Å². The largest absolute Gasteiger partial charge is 0.469 e. The summed E-state index contributed by atoms with van der Waals surface area (Å²) in [6.45, 7) is 0. The molecule has 130 valence electrons. The summed E-state index contributed by atoms with van der Waals surface area (Å²) in [5, 5.41) is 15.2. The lowest BCUT2D eigenvalue weighted by molar-refractivity contribution is -0.384. The quantitative estimate of drug-likeness (QED) is 0.354. The highest BCUT2D eigenvalue weighted by Crippen LogP contribution is 2.22. The minimum absolute atomic E-state index is 0.0163. The highest BCUT2D eigenvalue weighted by Gasteiger charge is 2.18. The summed E-state index contributed by atoms with van der Waals surface area (Å²) in [6.07, 6.45) is 2.90. The zero-order valence-corrected chi connectivity index (χ0v) is 14.2. The van der Waals surface area contributed by atoms with Crippen LogP contribution in [-0.2, 0) is 14.3 Å². The maximum atomic E-state index is 12.1. The van der Waals surface area contributed by atoms with Crippen molar-refractivity contribution in [3.63, 3.8) is 0 Å². The number of methoxy groups -OCH3 is 1. The molecular weight excluding hydrogens is 344 g/mol. The number of rotatable bonds is 7. The van der Waals surface area contributed by atoms with E-state index in [-0.39, 0.29) is 18.0 Å². The van der Waals surface area contributed by atoms with Gasteiger partial charge < -0.3 is 10.1 Å². The topological polar surface area (TPSA) is 98.5 Å². The normalized spacial score (nSPS) is 11.9. The first-order valence-corrected chi connectivity index (χ1v) is 8.21. The molecule has 0 saturated heterocycles. The van der Waals surface area contributed by atoms with Crippen molar-refractivity contribution in [2.24, 2.45) is 0 Å². The van der Waals surface area contributed by atoms with Gasteiger partial charge in [0.1, 0.15) is 0 Å². The lowest BCUT2D eigenvalue weighted by Crippen LogP contribution is -2.28. The Morgan fingerprint density at radius 3 is 2.60 bits per heavy atom. The molecule has 1 atom stereocenters. The van der Waals surface area contributed by atoms with Crippen molar-refractivity contribution in [2.45, 2.75) is 12.5 Å². The predicted molar refractivity (Wildman–Crippen MR) is 94.0 cm³/mol. The minimum Gasteiger partial charge on any atom is -0.469 e. The lowest BCUT2D eigenvalue weighted by atomic mass is 10.1. The van der Waals surface area contributed by atoms with Gasteiger partial charge in [0.15, 0.2) is 0 Å². The number of nitro groups is 1. The number of carbonyl (C=O) groups excluding carboxylic acids is 2. The first kappa shape index (κ1) is 18.3. The SMILES string of the molecule is COC(=O)CC(NC(=O)/C=C/c1ccc([N+](=O)[O-])cc1)c1cccs1. The Bertz CT molecular complexity index is 769. The number of thiophene rings is 1. The molecule has 1 aromatic carbocycles. The summed E-state index contributed by atoms with van der Waals surface area (Å²) in [6, 6.07) is 9.02. The van der Waals surface area contributed by atoms with Crippen LogP contribution in [0.1, 0.15) is 22.9 Å². The van der Waals surface area contributed by atoms with Gasteiger partial charge >= 0.3 is 5.97 Å². The zero-order chi connectivity index (χ0) is 18.2. The molecule has 0 aliphatic rings. The van der Waals surface area contributed by atoms with E-state index in [1.165, 1.54) is 36.7 Å². The van der Waals surface area contributed by atoms with Gasteiger partial charge in [-0.25, -0.2) is 0 Å². The summed E-state index contributed by atoms with van der Waals surface area (Å²) in [5.41, 5.74) is 0.638. The van der Waals surface area contributed by atoms with Crippen LogP contribution in [0.15, 0.2) is 47.9 Å². The first-order chi connectivity index (χ1) is 12.0. The maximum Gasteiger partial charge on any atom is 0.307 e. The van der Waals surface area contributed by atoms with Crippen LogP contribution in [0.3, 0.4) is 0 Å². The molecule has 2 rings (SSSR count). The fourth-order valence-corrected chi connectivity index (χ4v) is 2.84. The molecule has 1 N–H and O–H groups in total. The van der Waals surface area contributed by atoms with E-state index in [0.717, 1.165) is 4.88 Å². The van der Waals surface area contributed by atoms with E-state index < -0.39 is 16.9 Å². The van der Waals surface area contributed by atoms with Crippen LogP contribution in [0.5, 0.6) is 0 Å². The molecule has 0 bridgehead atoms. The summed E-state index contributed by atoms with van der Waals surface area (Å²) in [7, 11) is 1.30. The van der Waals surface area contributed by atoms with Crippen molar-refractivity contribution >= 4 is 35.0 Å². The van der Waals surface area contributed by atoms with Gasteiger partial charge in [0, 0.05) is 23.1 Å². The van der Waals surface area contributed by atoms with Gasteiger partial charge in [0.25, 0.3) is 5.69 Å². The monoisotopic (exact) mass is 360 g/mol. The average molecular weight is 360 g/mol. The molecule has 0 aliphatic heterocycles. The second-order valence-corrected chi connectivity index (χ2v) is 6.02. The molecule has 7 nitrogen and oxygen atoms in total. The fraction of sp³-hybridized carbons (Fsp3) is 0.176. The van der Waals surface area contributed by atoms with Crippen molar-refractivity contribution < 1.29 is 19.2 Å². The van der Waals surface area contributed by atoms with Crippen LogP contribution in [0.4, 0.5) is 5.69 Å². The molecule has 25 heavy (non-hydrogen) atoms. The van der Waals surface area contributed by atoms with E-state index >= 15 is 0 Å². The predicted octanol–water partition coefficient (Wildman–Crippen LogP) is 3.09. The third-order valence-corrected chi connectivity index (χ3v) is 4.32. The van der Waals surface area contributed by atoms with Crippen LogP contribution in [0.25, 0.3) is 6.08 Å². The van der Waals surface area contributed by atoms with Crippen molar-refractivity contribution in [3.8, 4) is 0 Å². The van der Waals surface area contributed by atoms with Crippen LogP contribution < -0.4 is 5.32 Å². The molecule has 1 amide bonds. The number of amides is 1. The third-order valence-electron chi connectivity index (χ3n) is 3.33. The zero-order valence-electron chi connectivity index (χ0n) is 13.4. The minimum atomic E-state index is -0.487. The van der Waals surface area contributed by atoms with Crippen LogP contribution in [0, 0.1) is 10.1 Å². The number of nitro benzene ring substituents is 1. The standard InChI is InChI=1S/C17H16N2O5S/c1-24-17(21)11-14(15-3-2-10-25-15)18-16(20)9-6-12-4-7-13(8-5-12)19(22)23/h2-10,14H,11H2,1H3,(H,18,20)/b9-6+.